The third-order valence-electron chi connectivity index (χ3n) is 14.0. The number of aryl methyl sites for hydroxylation is 1. The van der Waals surface area contributed by atoms with E-state index in [0.717, 1.165) is 87.4 Å². The van der Waals surface area contributed by atoms with E-state index in [0.29, 0.717) is 35.8 Å². The minimum atomic E-state index is -0.590. The van der Waals surface area contributed by atoms with Crippen molar-refractivity contribution in [2.45, 2.75) is 83.2 Å². The lowest BCUT2D eigenvalue weighted by molar-refractivity contribution is -0.136. The van der Waals surface area contributed by atoms with Gasteiger partial charge in [-0.05, 0) is 127 Å². The van der Waals surface area contributed by atoms with Gasteiger partial charge in [-0.2, -0.15) is 4.39 Å². The molecule has 0 unspecified atom stereocenters. The standard InChI is InChI=1S/C46H52FN7O3/c47-44-43-37-7-3-6-35(30-4-1-2-5-30)42(38(37)14-15-39(43)49-50-44)31-8-10-33(11-9-31)52-20-18-29(19-21-52)27-51-22-24-53(25-23-51)34-12-13-36-32(26-34)28-54(46(36)57)40-16-17-41(55)48-45(40)56/h8-15,26,29-30,40H,1-7,16-25,27-28H2,(H,49,50)(H,48,55,56)/t40-/m0/s1. The molecule has 10 rings (SSSR count). The van der Waals surface area contributed by atoms with E-state index in [1.807, 2.05) is 18.2 Å². The molecule has 2 N–H and O–H groups in total. The monoisotopic (exact) mass is 769 g/mol. The number of anilines is 2. The van der Waals surface area contributed by atoms with Crippen molar-refractivity contribution in [1.82, 2.24) is 25.3 Å². The molecule has 5 heterocycles. The summed E-state index contributed by atoms with van der Waals surface area (Å²) in [6.45, 7) is 7.57. The first-order chi connectivity index (χ1) is 27.9. The summed E-state index contributed by atoms with van der Waals surface area (Å²) >= 11 is 0. The van der Waals surface area contributed by atoms with E-state index >= 15 is 4.39 Å². The lowest BCUT2D eigenvalue weighted by Gasteiger charge is -2.40. The van der Waals surface area contributed by atoms with Gasteiger partial charge in [0.1, 0.15) is 6.04 Å². The molecule has 4 fully saturated rings. The molecule has 0 bridgehead atoms. The van der Waals surface area contributed by atoms with Crippen molar-refractivity contribution in [2.75, 3.05) is 55.6 Å². The second-order valence-electron chi connectivity index (χ2n) is 17.3. The fourth-order valence-corrected chi connectivity index (χ4v) is 10.9. The number of fused-ring (bicyclic) bond motifs is 4. The van der Waals surface area contributed by atoms with Crippen LogP contribution in [0, 0.1) is 17.8 Å². The van der Waals surface area contributed by atoms with Crippen LogP contribution < -0.4 is 15.1 Å². The van der Waals surface area contributed by atoms with Crippen molar-refractivity contribution < 1.29 is 18.8 Å². The number of benzene rings is 3. The predicted octanol–water partition coefficient (Wildman–Crippen LogP) is 6.83. The molecule has 3 saturated heterocycles. The smallest absolute Gasteiger partial charge is 0.255 e. The number of nitrogens with one attached hydrogen (secondary N) is 2. The Hall–Kier alpha value is -5.03. The van der Waals surface area contributed by atoms with E-state index in [2.05, 4.69) is 66.6 Å². The number of carbonyl (C=O) groups excluding carboxylic acids is 3. The van der Waals surface area contributed by atoms with Crippen LogP contribution in [-0.4, -0.2) is 89.6 Å². The SMILES string of the molecule is O=C1CC[C@H](N2Cc3cc(N4CCN(CC5CCN(c6ccc(C7=C(C8CCCC8)CCCc8c7ccc7[nH]nc(F)c87)cc6)CC5)CC4)ccc3C2=O)C(=O)N1. The largest absolute Gasteiger partial charge is 0.372 e. The van der Waals surface area contributed by atoms with Crippen LogP contribution in [0.3, 0.4) is 0 Å². The van der Waals surface area contributed by atoms with Gasteiger partial charge < -0.3 is 14.7 Å². The average Bonchev–Trinajstić information content (AvgIpc) is 3.95. The topological polar surface area (TPSA) is 105 Å². The average molecular weight is 770 g/mol. The lowest BCUT2D eigenvalue weighted by atomic mass is 9.84. The van der Waals surface area contributed by atoms with Gasteiger partial charge in [0.2, 0.25) is 17.8 Å². The zero-order valence-corrected chi connectivity index (χ0v) is 32.7. The Morgan fingerprint density at radius 1 is 0.737 bits per heavy atom. The molecule has 1 saturated carbocycles. The van der Waals surface area contributed by atoms with E-state index in [1.54, 1.807) is 10.5 Å². The molecule has 57 heavy (non-hydrogen) atoms. The summed E-state index contributed by atoms with van der Waals surface area (Å²) in [5, 5.41) is 9.88. The first-order valence-electron chi connectivity index (χ1n) is 21.4. The number of H-pyrrole nitrogens is 1. The maximum atomic E-state index is 15.0. The third kappa shape index (κ3) is 6.81. The van der Waals surface area contributed by atoms with Crippen LogP contribution in [0.25, 0.3) is 16.5 Å². The quantitative estimate of drug-likeness (QED) is 0.199. The Labute approximate surface area is 333 Å². The molecule has 10 nitrogen and oxygen atoms in total. The zero-order chi connectivity index (χ0) is 38.6. The Bertz CT molecular complexity index is 2240. The zero-order valence-electron chi connectivity index (χ0n) is 32.7. The van der Waals surface area contributed by atoms with Crippen molar-refractivity contribution in [3.8, 4) is 0 Å². The van der Waals surface area contributed by atoms with Crippen LogP contribution in [0.2, 0.25) is 0 Å². The molecule has 4 aromatic rings. The van der Waals surface area contributed by atoms with Gasteiger partial charge in [-0.1, -0.05) is 36.6 Å². The first kappa shape index (κ1) is 36.3. The Morgan fingerprint density at radius 3 is 2.25 bits per heavy atom. The number of aromatic amines is 1. The van der Waals surface area contributed by atoms with Gasteiger partial charge >= 0.3 is 0 Å². The van der Waals surface area contributed by atoms with Crippen molar-refractivity contribution in [1.29, 1.82) is 0 Å². The molecule has 6 aliphatic rings. The molecule has 1 atom stereocenters. The number of amides is 3. The van der Waals surface area contributed by atoms with Gasteiger partial charge in [-0.25, -0.2) is 0 Å². The van der Waals surface area contributed by atoms with Gasteiger partial charge in [0, 0.05) is 75.7 Å². The van der Waals surface area contributed by atoms with Gasteiger partial charge in [0.25, 0.3) is 5.91 Å². The number of halogens is 1. The predicted molar refractivity (Wildman–Crippen MR) is 219 cm³/mol. The second-order valence-corrected chi connectivity index (χ2v) is 17.3. The van der Waals surface area contributed by atoms with Gasteiger partial charge in [0.15, 0.2) is 0 Å². The molecule has 11 heteroatoms. The summed E-state index contributed by atoms with van der Waals surface area (Å²) in [6, 6.07) is 19.0. The van der Waals surface area contributed by atoms with Crippen LogP contribution in [0.4, 0.5) is 15.8 Å². The summed E-state index contributed by atoms with van der Waals surface area (Å²) in [6.07, 6.45) is 11.1. The van der Waals surface area contributed by atoms with Crippen LogP contribution in [0.1, 0.15) is 96.8 Å². The summed E-state index contributed by atoms with van der Waals surface area (Å²) in [5.74, 6) is 0.143. The summed E-state index contributed by atoms with van der Waals surface area (Å²) in [5.41, 5.74) is 11.3. The summed E-state index contributed by atoms with van der Waals surface area (Å²) in [4.78, 5) is 46.5. The van der Waals surface area contributed by atoms with Crippen molar-refractivity contribution in [3.63, 3.8) is 0 Å². The molecule has 3 aromatic carbocycles. The molecule has 3 amide bonds. The highest BCUT2D eigenvalue weighted by atomic mass is 19.1. The maximum absolute atomic E-state index is 15.0. The normalized spacial score (nSPS) is 22.7. The lowest BCUT2D eigenvalue weighted by Crippen LogP contribution is -2.52. The minimum Gasteiger partial charge on any atom is -0.372 e. The third-order valence-corrected chi connectivity index (χ3v) is 14.0. The van der Waals surface area contributed by atoms with E-state index in [-0.39, 0.29) is 30.1 Å². The first-order valence-corrected chi connectivity index (χ1v) is 21.4. The van der Waals surface area contributed by atoms with Crippen molar-refractivity contribution >= 4 is 45.6 Å². The second kappa shape index (κ2) is 15.0. The van der Waals surface area contributed by atoms with Crippen molar-refractivity contribution in [3.05, 3.63) is 93.9 Å². The molecule has 0 radical (unpaired) electrons. The number of nitrogens with zero attached hydrogens (tertiary/aromatic N) is 5. The molecular formula is C46H52FN7O3. The number of imide groups is 1. The molecule has 296 valence electrons. The molecule has 0 spiro atoms. The number of carbonyl (C=O) groups is 3. The highest BCUT2D eigenvalue weighted by molar-refractivity contribution is 6.05. The van der Waals surface area contributed by atoms with Crippen molar-refractivity contribution in [2.24, 2.45) is 11.8 Å². The van der Waals surface area contributed by atoms with Gasteiger partial charge in [-0.15, -0.1) is 5.10 Å². The van der Waals surface area contributed by atoms with Crippen LogP contribution in [-0.2, 0) is 22.6 Å². The van der Waals surface area contributed by atoms with Crippen LogP contribution in [0.15, 0.2) is 60.2 Å². The van der Waals surface area contributed by atoms with Crippen LogP contribution in [0.5, 0.6) is 0 Å². The molecule has 4 aliphatic heterocycles. The van der Waals surface area contributed by atoms with Gasteiger partial charge in [-0.3, -0.25) is 29.7 Å². The fourth-order valence-electron chi connectivity index (χ4n) is 10.9. The minimum absolute atomic E-state index is 0.124. The summed E-state index contributed by atoms with van der Waals surface area (Å²) < 4.78 is 15.0. The number of rotatable bonds is 7. The molecular weight excluding hydrogens is 718 g/mol. The fraction of sp³-hybridized carbons (Fsp3) is 0.478. The highest BCUT2D eigenvalue weighted by Gasteiger charge is 2.39. The van der Waals surface area contributed by atoms with E-state index in [9.17, 15) is 14.4 Å². The Kier molecular flexibility index (Phi) is 9.59. The summed E-state index contributed by atoms with van der Waals surface area (Å²) in [7, 11) is 0. The van der Waals surface area contributed by atoms with Crippen LogP contribution >= 0.6 is 0 Å². The van der Waals surface area contributed by atoms with E-state index in [1.165, 1.54) is 60.9 Å². The Morgan fingerprint density at radius 2 is 1.47 bits per heavy atom. The number of aromatic nitrogens is 2. The molecule has 2 aliphatic carbocycles. The van der Waals surface area contributed by atoms with Gasteiger partial charge in [0.05, 0.1) is 10.9 Å². The Balaban J connectivity index is 0.756. The number of hydrogen-bond acceptors (Lipinski definition) is 7. The van der Waals surface area contributed by atoms with E-state index < -0.39 is 6.04 Å². The molecule has 1 aromatic heterocycles. The van der Waals surface area contributed by atoms with E-state index in [4.69, 9.17) is 0 Å². The maximum Gasteiger partial charge on any atom is 0.255 e. The highest BCUT2D eigenvalue weighted by Crippen LogP contribution is 2.45. The number of hydrogen-bond donors (Lipinski definition) is 2. The number of piperazine rings is 1. The number of allylic oxidation sites excluding steroid dienone is 1. The number of piperidine rings is 2.